The van der Waals surface area contributed by atoms with Crippen LogP contribution >= 0.6 is 0 Å². The Morgan fingerprint density at radius 3 is 2.32 bits per heavy atom. The summed E-state index contributed by atoms with van der Waals surface area (Å²) in [4.78, 5) is 13.0. The Morgan fingerprint density at radius 2 is 1.68 bits per heavy atom. The van der Waals surface area contributed by atoms with Crippen molar-refractivity contribution in [2.75, 3.05) is 57.2 Å². The van der Waals surface area contributed by atoms with Gasteiger partial charge in [-0.25, -0.2) is 18.7 Å². The van der Waals surface area contributed by atoms with Crippen LogP contribution in [0.3, 0.4) is 0 Å². The molecule has 0 bridgehead atoms. The quantitative estimate of drug-likeness (QED) is 0.406. The molecule has 4 rings (SSSR count). The fourth-order valence-electron chi connectivity index (χ4n) is 4.38. The Morgan fingerprint density at radius 1 is 1.00 bits per heavy atom. The predicted octanol–water partition coefficient (Wildman–Crippen LogP) is 3.91. The number of aliphatic hydroxyl groups is 1. The largest absolute Gasteiger partial charge is 0.495 e. The first-order valence-electron chi connectivity index (χ1n) is 12.4. The highest BCUT2D eigenvalue weighted by Gasteiger charge is 2.21. The summed E-state index contributed by atoms with van der Waals surface area (Å²) >= 11 is 0. The highest BCUT2D eigenvalue weighted by molar-refractivity contribution is 5.67. The van der Waals surface area contributed by atoms with Crippen LogP contribution in [0.4, 0.5) is 26.1 Å². The number of aromatic nitrogens is 2. The van der Waals surface area contributed by atoms with Crippen molar-refractivity contribution in [2.24, 2.45) is 0 Å². The van der Waals surface area contributed by atoms with E-state index in [1.807, 2.05) is 18.2 Å². The van der Waals surface area contributed by atoms with Crippen molar-refractivity contribution in [3.05, 3.63) is 59.4 Å². The molecule has 38 heavy (non-hydrogen) atoms. The number of benzene rings is 2. The molecule has 3 aromatic rings. The molecule has 9 nitrogen and oxygen atoms in total. The van der Waals surface area contributed by atoms with Crippen molar-refractivity contribution in [1.29, 1.82) is 0 Å². The van der Waals surface area contributed by atoms with Gasteiger partial charge in [0, 0.05) is 44.5 Å². The molecule has 1 fully saturated rings. The number of methoxy groups -OCH3 is 2. The first-order chi connectivity index (χ1) is 18.3. The van der Waals surface area contributed by atoms with Gasteiger partial charge in [0.25, 0.3) is 0 Å². The lowest BCUT2D eigenvalue weighted by Gasteiger charge is -2.37. The summed E-state index contributed by atoms with van der Waals surface area (Å²) in [5.41, 5.74) is 1.77. The van der Waals surface area contributed by atoms with E-state index in [1.54, 1.807) is 14.0 Å². The summed E-state index contributed by atoms with van der Waals surface area (Å²) < 4.78 is 45.0. The molecular weight excluding hydrogens is 496 g/mol. The molecule has 204 valence electrons. The summed E-state index contributed by atoms with van der Waals surface area (Å²) in [7, 11) is 2.95. The van der Waals surface area contributed by atoms with Gasteiger partial charge >= 0.3 is 0 Å². The van der Waals surface area contributed by atoms with Crippen LogP contribution in [0, 0.1) is 18.6 Å². The molecule has 1 aliphatic heterocycles. The summed E-state index contributed by atoms with van der Waals surface area (Å²) in [6, 6.07) is 7.09. The van der Waals surface area contributed by atoms with Gasteiger partial charge in [0.15, 0.2) is 17.3 Å². The normalized spacial score (nSPS) is 14.8. The van der Waals surface area contributed by atoms with Gasteiger partial charge in [-0.3, -0.25) is 4.90 Å². The standard InChI is InChI=1S/C27H33F2N5O4/c1-17-11-24(37-4)26(29)21(25(17)28)16-38-20-13-30-27(31-14-20)32-19-5-6-22(23(12-19)36-3)34-9-7-33(8-10-34)15-18(2)35/h5-6,11-14,18,35H,7-10,15-16H2,1-4H3,(H,30,31,32). The van der Waals surface area contributed by atoms with Crippen LogP contribution in [0.1, 0.15) is 18.1 Å². The number of aliphatic hydroxyl groups excluding tert-OH is 1. The number of nitrogens with one attached hydrogen (secondary N) is 1. The number of β-amino-alcohol motifs (C(OH)–C–C–N with tert-alkyl or cyclic N) is 1. The fraction of sp³-hybridized carbons (Fsp3) is 0.407. The second-order valence-corrected chi connectivity index (χ2v) is 9.18. The van der Waals surface area contributed by atoms with Crippen molar-refractivity contribution in [1.82, 2.24) is 14.9 Å². The number of rotatable bonds is 10. The molecule has 0 spiro atoms. The zero-order valence-electron chi connectivity index (χ0n) is 22.0. The molecule has 11 heteroatoms. The van der Waals surface area contributed by atoms with Gasteiger partial charge in [-0.15, -0.1) is 0 Å². The average Bonchev–Trinajstić information content (AvgIpc) is 2.91. The first-order valence-corrected chi connectivity index (χ1v) is 12.4. The second kappa shape index (κ2) is 12.2. The summed E-state index contributed by atoms with van der Waals surface area (Å²) in [5, 5.41) is 12.8. The minimum absolute atomic E-state index is 0.0432. The van der Waals surface area contributed by atoms with Crippen molar-refractivity contribution < 1.29 is 28.1 Å². The number of hydrogen-bond acceptors (Lipinski definition) is 9. The highest BCUT2D eigenvalue weighted by Crippen LogP contribution is 2.33. The lowest BCUT2D eigenvalue weighted by atomic mass is 10.1. The Balaban J connectivity index is 1.38. The van der Waals surface area contributed by atoms with E-state index >= 15 is 0 Å². The Labute approximate surface area is 221 Å². The molecule has 0 aliphatic carbocycles. The lowest BCUT2D eigenvalue weighted by Crippen LogP contribution is -2.48. The Bertz CT molecular complexity index is 1240. The van der Waals surface area contributed by atoms with E-state index in [2.05, 4.69) is 25.1 Å². The Hall–Kier alpha value is -3.70. The van der Waals surface area contributed by atoms with Gasteiger partial charge < -0.3 is 29.5 Å². The third-order valence-electron chi connectivity index (χ3n) is 6.34. The molecule has 1 atom stereocenters. The second-order valence-electron chi connectivity index (χ2n) is 9.18. The maximum absolute atomic E-state index is 14.5. The smallest absolute Gasteiger partial charge is 0.227 e. The first kappa shape index (κ1) is 27.3. The van der Waals surface area contributed by atoms with Crippen molar-refractivity contribution >= 4 is 17.3 Å². The third kappa shape index (κ3) is 6.40. The maximum Gasteiger partial charge on any atom is 0.227 e. The number of anilines is 3. The van der Waals surface area contributed by atoms with Crippen molar-refractivity contribution in [2.45, 2.75) is 26.6 Å². The average molecular weight is 530 g/mol. The molecule has 2 heterocycles. The topological polar surface area (TPSA) is 92.2 Å². The number of nitrogens with zero attached hydrogens (tertiary/aromatic N) is 4. The summed E-state index contributed by atoms with van der Waals surface area (Å²) in [5.74, 6) is -0.212. The molecular formula is C27H33F2N5O4. The van der Waals surface area contributed by atoms with E-state index in [0.717, 1.165) is 43.3 Å². The van der Waals surface area contributed by atoms with E-state index in [0.29, 0.717) is 12.5 Å². The van der Waals surface area contributed by atoms with Crippen LogP contribution < -0.4 is 24.4 Å². The van der Waals surface area contributed by atoms with Gasteiger partial charge in [-0.1, -0.05) is 0 Å². The number of aryl methyl sites for hydroxylation is 1. The van der Waals surface area contributed by atoms with Crippen molar-refractivity contribution in [3.8, 4) is 17.2 Å². The van der Waals surface area contributed by atoms with Gasteiger partial charge in [0.1, 0.15) is 18.2 Å². The maximum atomic E-state index is 14.5. The molecule has 1 aliphatic rings. The summed E-state index contributed by atoms with van der Waals surface area (Å²) in [6.45, 7) is 7.08. The van der Waals surface area contributed by atoms with Gasteiger partial charge in [0.2, 0.25) is 5.95 Å². The molecule has 0 saturated carbocycles. The molecule has 1 aromatic heterocycles. The number of halogens is 2. The highest BCUT2D eigenvalue weighted by atomic mass is 19.1. The summed E-state index contributed by atoms with van der Waals surface area (Å²) in [6.07, 6.45) is 2.51. The van der Waals surface area contributed by atoms with Crippen LogP contribution in [0.2, 0.25) is 0 Å². The number of hydrogen-bond donors (Lipinski definition) is 2. The van der Waals surface area contributed by atoms with E-state index < -0.39 is 11.6 Å². The van der Waals surface area contributed by atoms with E-state index in [-0.39, 0.29) is 35.3 Å². The van der Waals surface area contributed by atoms with Crippen molar-refractivity contribution in [3.63, 3.8) is 0 Å². The van der Waals surface area contributed by atoms with E-state index in [9.17, 15) is 13.9 Å². The fourth-order valence-corrected chi connectivity index (χ4v) is 4.38. The minimum Gasteiger partial charge on any atom is -0.495 e. The minimum atomic E-state index is -0.797. The SMILES string of the molecule is COc1cc(Nc2ncc(OCc3c(F)c(C)cc(OC)c3F)cn2)ccc1N1CCN(CC(C)O)CC1. The zero-order chi connectivity index (χ0) is 27.2. The molecule has 0 radical (unpaired) electrons. The predicted molar refractivity (Wildman–Crippen MR) is 141 cm³/mol. The molecule has 2 N–H and O–H groups in total. The molecule has 1 saturated heterocycles. The van der Waals surface area contributed by atoms with E-state index in [4.69, 9.17) is 14.2 Å². The number of ether oxygens (including phenoxy) is 3. The van der Waals surface area contributed by atoms with Crippen LogP contribution in [0.25, 0.3) is 0 Å². The molecule has 0 amide bonds. The van der Waals surface area contributed by atoms with Crippen LogP contribution in [0.15, 0.2) is 36.7 Å². The lowest BCUT2D eigenvalue weighted by molar-refractivity contribution is 0.122. The number of piperazine rings is 1. The van der Waals surface area contributed by atoms with Crippen LogP contribution in [-0.2, 0) is 6.61 Å². The Kier molecular flexibility index (Phi) is 8.80. The molecule has 2 aromatic carbocycles. The van der Waals surface area contributed by atoms with E-state index in [1.165, 1.54) is 32.5 Å². The molecule has 1 unspecified atom stereocenters. The monoisotopic (exact) mass is 529 g/mol. The van der Waals surface area contributed by atoms with Gasteiger partial charge in [-0.05, 0) is 37.6 Å². The third-order valence-corrected chi connectivity index (χ3v) is 6.34. The van der Waals surface area contributed by atoms with Gasteiger partial charge in [0.05, 0.1) is 44.0 Å². The van der Waals surface area contributed by atoms with Crippen LogP contribution in [0.5, 0.6) is 17.2 Å². The zero-order valence-corrected chi connectivity index (χ0v) is 22.0. The van der Waals surface area contributed by atoms with Gasteiger partial charge in [-0.2, -0.15) is 0 Å². The van der Waals surface area contributed by atoms with Crippen LogP contribution in [-0.4, -0.2) is 73.0 Å².